The second-order valence-corrected chi connectivity index (χ2v) is 7.85. The maximum Gasteiger partial charge on any atom is 0.256 e. The van der Waals surface area contributed by atoms with Crippen molar-refractivity contribution in [1.29, 1.82) is 0 Å². The Balaban J connectivity index is 1.68. The lowest BCUT2D eigenvalue weighted by Gasteiger charge is -2.09. The van der Waals surface area contributed by atoms with Crippen LogP contribution in [0.5, 0.6) is 5.75 Å². The zero-order valence-electron chi connectivity index (χ0n) is 13.4. The lowest BCUT2D eigenvalue weighted by atomic mass is 10.1. The Hall–Kier alpha value is -2.45. The fourth-order valence-corrected chi connectivity index (χ4v) is 4.24. The fourth-order valence-electron chi connectivity index (χ4n) is 2.62. The molecule has 0 atom stereocenters. The molecular formula is C20H13IN2O2S. The van der Waals surface area contributed by atoms with Gasteiger partial charge in [0, 0.05) is 9.26 Å². The number of carbonyl (C=O) groups is 1. The number of rotatable bonds is 3. The van der Waals surface area contributed by atoms with Gasteiger partial charge in [-0.2, -0.15) is 0 Å². The molecule has 0 aliphatic carbocycles. The molecule has 26 heavy (non-hydrogen) atoms. The highest BCUT2D eigenvalue weighted by Gasteiger charge is 2.14. The number of amides is 1. The molecule has 2 N–H and O–H groups in total. The third-order valence-corrected chi connectivity index (χ3v) is 5.91. The van der Waals surface area contributed by atoms with Gasteiger partial charge in [-0.15, -0.1) is 11.3 Å². The Labute approximate surface area is 167 Å². The monoisotopic (exact) mass is 472 g/mol. The van der Waals surface area contributed by atoms with Crippen molar-refractivity contribution in [2.45, 2.75) is 0 Å². The molecule has 0 aliphatic heterocycles. The number of carbonyl (C=O) groups excluding carboxylic acids is 1. The van der Waals surface area contributed by atoms with E-state index >= 15 is 0 Å². The van der Waals surface area contributed by atoms with Crippen LogP contribution in [0, 0.1) is 3.57 Å². The molecule has 6 heteroatoms. The van der Waals surface area contributed by atoms with E-state index in [9.17, 15) is 9.90 Å². The van der Waals surface area contributed by atoms with E-state index in [1.807, 2.05) is 42.5 Å². The molecule has 0 radical (unpaired) electrons. The molecule has 0 unspecified atom stereocenters. The topological polar surface area (TPSA) is 62.2 Å². The van der Waals surface area contributed by atoms with Gasteiger partial charge in [-0.25, -0.2) is 4.98 Å². The average Bonchev–Trinajstić information content (AvgIpc) is 3.07. The van der Waals surface area contributed by atoms with E-state index in [0.717, 1.165) is 13.8 Å². The molecule has 4 nitrogen and oxygen atoms in total. The van der Waals surface area contributed by atoms with Crippen molar-refractivity contribution in [3.05, 3.63) is 75.9 Å². The van der Waals surface area contributed by atoms with E-state index in [-0.39, 0.29) is 11.7 Å². The molecule has 4 rings (SSSR count). The predicted molar refractivity (Wildman–Crippen MR) is 114 cm³/mol. The summed E-state index contributed by atoms with van der Waals surface area (Å²) in [5.41, 5.74) is 2.72. The molecule has 0 spiro atoms. The normalized spacial score (nSPS) is 10.8. The maximum absolute atomic E-state index is 12.5. The van der Waals surface area contributed by atoms with E-state index < -0.39 is 0 Å². The summed E-state index contributed by atoms with van der Waals surface area (Å²) < 4.78 is 1.93. The molecule has 0 bridgehead atoms. The number of nitrogens with one attached hydrogen (secondary N) is 1. The van der Waals surface area contributed by atoms with Gasteiger partial charge in [-0.05, 0) is 65.1 Å². The molecule has 4 aromatic rings. The standard InChI is InChI=1S/C20H13IN2O2S/c21-15-6-2-1-5-13(15)19(25)22-12-9-10-17(24)14(11-12)20-23-16-7-3-4-8-18(16)26-20/h1-11,24H,(H,22,25). The number of anilines is 1. The highest BCUT2D eigenvalue weighted by Crippen LogP contribution is 2.36. The molecule has 0 saturated carbocycles. The SMILES string of the molecule is O=C(Nc1ccc(O)c(-c2nc3ccccc3s2)c1)c1ccccc1I. The molecule has 1 heterocycles. The number of hydrogen-bond acceptors (Lipinski definition) is 4. The Morgan fingerprint density at radius 1 is 1.04 bits per heavy atom. The zero-order valence-corrected chi connectivity index (χ0v) is 16.4. The van der Waals surface area contributed by atoms with Crippen LogP contribution >= 0.6 is 33.9 Å². The molecule has 128 valence electrons. The van der Waals surface area contributed by atoms with Crippen LogP contribution in [0.2, 0.25) is 0 Å². The van der Waals surface area contributed by atoms with Gasteiger partial charge >= 0.3 is 0 Å². The first kappa shape index (κ1) is 17.0. The van der Waals surface area contributed by atoms with Crippen molar-refractivity contribution >= 4 is 55.7 Å². The van der Waals surface area contributed by atoms with Gasteiger partial charge in [-0.1, -0.05) is 24.3 Å². The van der Waals surface area contributed by atoms with Crippen molar-refractivity contribution in [3.8, 4) is 16.3 Å². The first-order valence-corrected chi connectivity index (χ1v) is 9.76. The average molecular weight is 472 g/mol. The zero-order chi connectivity index (χ0) is 18.1. The number of phenols is 1. The number of halogens is 1. The lowest BCUT2D eigenvalue weighted by molar-refractivity contribution is 0.102. The summed E-state index contributed by atoms with van der Waals surface area (Å²) in [5, 5.41) is 13.9. The van der Waals surface area contributed by atoms with Crippen molar-refractivity contribution in [2.75, 3.05) is 5.32 Å². The van der Waals surface area contributed by atoms with Gasteiger partial charge < -0.3 is 10.4 Å². The van der Waals surface area contributed by atoms with Crippen LogP contribution < -0.4 is 5.32 Å². The van der Waals surface area contributed by atoms with Gasteiger partial charge in [0.05, 0.1) is 21.3 Å². The Morgan fingerprint density at radius 3 is 2.62 bits per heavy atom. The van der Waals surface area contributed by atoms with Crippen LogP contribution in [0.25, 0.3) is 20.8 Å². The second kappa shape index (κ2) is 7.05. The maximum atomic E-state index is 12.5. The van der Waals surface area contributed by atoms with Crippen LogP contribution in [0.15, 0.2) is 66.7 Å². The molecule has 1 amide bonds. The molecule has 0 saturated heterocycles. The Bertz CT molecular complexity index is 1090. The van der Waals surface area contributed by atoms with Crippen LogP contribution in [0.4, 0.5) is 5.69 Å². The highest BCUT2D eigenvalue weighted by atomic mass is 127. The number of benzene rings is 3. The largest absolute Gasteiger partial charge is 0.507 e. The number of thiazole rings is 1. The van der Waals surface area contributed by atoms with Crippen molar-refractivity contribution < 1.29 is 9.90 Å². The van der Waals surface area contributed by atoms with E-state index in [1.54, 1.807) is 24.3 Å². The van der Waals surface area contributed by atoms with Crippen LogP contribution in [0.3, 0.4) is 0 Å². The lowest BCUT2D eigenvalue weighted by Crippen LogP contribution is -2.13. The quantitative estimate of drug-likeness (QED) is 0.305. The van der Waals surface area contributed by atoms with Gasteiger partial charge in [0.15, 0.2) is 0 Å². The number of aromatic nitrogens is 1. The van der Waals surface area contributed by atoms with E-state index in [2.05, 4.69) is 32.9 Å². The summed E-state index contributed by atoms with van der Waals surface area (Å²) in [7, 11) is 0. The molecule has 0 aliphatic rings. The summed E-state index contributed by atoms with van der Waals surface area (Å²) in [5.74, 6) is -0.0488. The minimum Gasteiger partial charge on any atom is -0.507 e. The summed E-state index contributed by atoms with van der Waals surface area (Å²) in [6.45, 7) is 0. The molecular weight excluding hydrogens is 459 g/mol. The number of para-hydroxylation sites is 1. The fraction of sp³-hybridized carbons (Fsp3) is 0. The minimum atomic E-state index is -0.184. The molecule has 0 fully saturated rings. The number of fused-ring (bicyclic) bond motifs is 1. The minimum absolute atomic E-state index is 0.136. The highest BCUT2D eigenvalue weighted by molar-refractivity contribution is 14.1. The van der Waals surface area contributed by atoms with Gasteiger partial charge in [0.1, 0.15) is 10.8 Å². The van der Waals surface area contributed by atoms with E-state index in [0.29, 0.717) is 21.8 Å². The Kier molecular flexibility index (Phi) is 4.60. The summed E-state index contributed by atoms with van der Waals surface area (Å²) in [4.78, 5) is 17.1. The van der Waals surface area contributed by atoms with Gasteiger partial charge in [0.25, 0.3) is 5.91 Å². The Morgan fingerprint density at radius 2 is 1.81 bits per heavy atom. The van der Waals surface area contributed by atoms with Crippen molar-refractivity contribution in [3.63, 3.8) is 0 Å². The van der Waals surface area contributed by atoms with E-state index in [1.165, 1.54) is 11.3 Å². The van der Waals surface area contributed by atoms with Crippen molar-refractivity contribution in [1.82, 2.24) is 4.98 Å². The van der Waals surface area contributed by atoms with Crippen LogP contribution in [-0.2, 0) is 0 Å². The first-order chi connectivity index (χ1) is 12.6. The van der Waals surface area contributed by atoms with Gasteiger partial charge in [0.2, 0.25) is 0 Å². The number of phenolic OH excluding ortho intramolecular Hbond substituents is 1. The van der Waals surface area contributed by atoms with Crippen molar-refractivity contribution in [2.24, 2.45) is 0 Å². The number of hydrogen-bond donors (Lipinski definition) is 2. The molecule has 3 aromatic carbocycles. The number of nitrogens with zero attached hydrogens (tertiary/aromatic N) is 1. The van der Waals surface area contributed by atoms with E-state index in [4.69, 9.17) is 0 Å². The smallest absolute Gasteiger partial charge is 0.256 e. The summed E-state index contributed by atoms with van der Waals surface area (Å²) >= 11 is 3.64. The van der Waals surface area contributed by atoms with Crippen LogP contribution in [-0.4, -0.2) is 16.0 Å². The third-order valence-electron chi connectivity index (χ3n) is 3.90. The second-order valence-electron chi connectivity index (χ2n) is 5.65. The van der Waals surface area contributed by atoms with Gasteiger partial charge in [-0.3, -0.25) is 4.79 Å². The van der Waals surface area contributed by atoms with Crippen LogP contribution in [0.1, 0.15) is 10.4 Å². The third kappa shape index (κ3) is 3.30. The molecule has 1 aromatic heterocycles. The number of aromatic hydroxyl groups is 1. The predicted octanol–water partition coefficient (Wildman–Crippen LogP) is 5.53. The first-order valence-electron chi connectivity index (χ1n) is 7.86. The summed E-state index contributed by atoms with van der Waals surface area (Å²) in [6, 6.07) is 20.2. The summed E-state index contributed by atoms with van der Waals surface area (Å²) in [6.07, 6.45) is 0.